The van der Waals surface area contributed by atoms with Gasteiger partial charge < -0.3 is 5.32 Å². The summed E-state index contributed by atoms with van der Waals surface area (Å²) in [4.78, 5) is 4.34. The van der Waals surface area contributed by atoms with Gasteiger partial charge in [-0.2, -0.15) is 0 Å². The zero-order valence-corrected chi connectivity index (χ0v) is 11.6. The van der Waals surface area contributed by atoms with Gasteiger partial charge in [0.15, 0.2) is 0 Å². The van der Waals surface area contributed by atoms with Crippen molar-refractivity contribution in [3.8, 4) is 0 Å². The van der Waals surface area contributed by atoms with Gasteiger partial charge >= 0.3 is 0 Å². The van der Waals surface area contributed by atoms with Crippen molar-refractivity contribution >= 4 is 16.6 Å². The van der Waals surface area contributed by atoms with E-state index in [-0.39, 0.29) is 0 Å². The lowest BCUT2D eigenvalue weighted by Crippen LogP contribution is -1.99. The topological polar surface area (TPSA) is 24.9 Å². The number of anilines is 1. The van der Waals surface area contributed by atoms with Crippen LogP contribution in [0.25, 0.3) is 10.9 Å². The van der Waals surface area contributed by atoms with Crippen LogP contribution in [0.3, 0.4) is 0 Å². The molecule has 0 amide bonds. The van der Waals surface area contributed by atoms with Gasteiger partial charge in [0.25, 0.3) is 0 Å². The SMILES string of the molecule is CCc1ccc(NCc2ccc3ncccc3c2)cc1. The van der Waals surface area contributed by atoms with Gasteiger partial charge in [-0.15, -0.1) is 0 Å². The quantitative estimate of drug-likeness (QED) is 0.753. The van der Waals surface area contributed by atoms with Crippen molar-refractivity contribution in [2.75, 3.05) is 5.32 Å². The second kappa shape index (κ2) is 5.74. The second-order valence-electron chi connectivity index (χ2n) is 4.93. The number of benzene rings is 2. The molecule has 0 atom stereocenters. The highest BCUT2D eigenvalue weighted by Crippen LogP contribution is 2.15. The molecule has 1 heterocycles. The number of pyridine rings is 1. The van der Waals surface area contributed by atoms with E-state index in [1.54, 1.807) is 0 Å². The van der Waals surface area contributed by atoms with Crippen molar-refractivity contribution in [2.24, 2.45) is 0 Å². The number of aryl methyl sites for hydroxylation is 1. The molecule has 0 bridgehead atoms. The summed E-state index contributed by atoms with van der Waals surface area (Å²) in [6.45, 7) is 3.00. The first kappa shape index (κ1) is 12.7. The second-order valence-corrected chi connectivity index (χ2v) is 4.93. The van der Waals surface area contributed by atoms with Gasteiger partial charge in [0.2, 0.25) is 0 Å². The molecule has 0 unspecified atom stereocenters. The first-order valence-electron chi connectivity index (χ1n) is 7.01. The fourth-order valence-corrected chi connectivity index (χ4v) is 2.30. The van der Waals surface area contributed by atoms with Gasteiger partial charge in [-0.1, -0.05) is 31.2 Å². The Hall–Kier alpha value is -2.35. The first-order valence-corrected chi connectivity index (χ1v) is 7.01. The summed E-state index contributed by atoms with van der Waals surface area (Å²) < 4.78 is 0. The van der Waals surface area contributed by atoms with E-state index in [2.05, 4.69) is 65.8 Å². The fraction of sp³-hybridized carbons (Fsp3) is 0.167. The van der Waals surface area contributed by atoms with E-state index in [0.717, 1.165) is 24.2 Å². The lowest BCUT2D eigenvalue weighted by molar-refractivity contribution is 1.12. The molecule has 0 aliphatic carbocycles. The highest BCUT2D eigenvalue weighted by Gasteiger charge is 1.98. The molecule has 0 aliphatic rings. The molecular formula is C18H18N2. The zero-order chi connectivity index (χ0) is 13.8. The number of rotatable bonds is 4. The van der Waals surface area contributed by atoms with Crippen LogP contribution in [0.1, 0.15) is 18.1 Å². The minimum Gasteiger partial charge on any atom is -0.381 e. The Kier molecular flexibility index (Phi) is 3.64. The van der Waals surface area contributed by atoms with Gasteiger partial charge in [0.1, 0.15) is 0 Å². The fourth-order valence-electron chi connectivity index (χ4n) is 2.30. The van der Waals surface area contributed by atoms with E-state index in [9.17, 15) is 0 Å². The molecule has 0 saturated heterocycles. The van der Waals surface area contributed by atoms with E-state index < -0.39 is 0 Å². The summed E-state index contributed by atoms with van der Waals surface area (Å²) in [5, 5.41) is 4.64. The van der Waals surface area contributed by atoms with E-state index in [0.29, 0.717) is 0 Å². The molecule has 3 rings (SSSR count). The Balaban J connectivity index is 1.72. The summed E-state index contributed by atoms with van der Waals surface area (Å²) in [6.07, 6.45) is 2.91. The Morgan fingerprint density at radius 3 is 2.55 bits per heavy atom. The van der Waals surface area contributed by atoms with Crippen molar-refractivity contribution < 1.29 is 0 Å². The van der Waals surface area contributed by atoms with Gasteiger partial charge in [0, 0.05) is 23.8 Å². The molecule has 0 spiro atoms. The van der Waals surface area contributed by atoms with Crippen LogP contribution in [-0.4, -0.2) is 4.98 Å². The Bertz CT molecular complexity index is 702. The Morgan fingerprint density at radius 1 is 0.950 bits per heavy atom. The van der Waals surface area contributed by atoms with Crippen LogP contribution in [0.15, 0.2) is 60.8 Å². The van der Waals surface area contributed by atoms with Gasteiger partial charge in [-0.3, -0.25) is 4.98 Å². The van der Waals surface area contributed by atoms with Crippen molar-refractivity contribution in [3.05, 3.63) is 71.9 Å². The van der Waals surface area contributed by atoms with Crippen LogP contribution in [0.4, 0.5) is 5.69 Å². The summed E-state index contributed by atoms with van der Waals surface area (Å²) in [7, 11) is 0. The lowest BCUT2D eigenvalue weighted by atomic mass is 10.1. The van der Waals surface area contributed by atoms with Crippen LogP contribution < -0.4 is 5.32 Å². The minimum absolute atomic E-state index is 0.830. The summed E-state index contributed by atoms with van der Waals surface area (Å²) in [5.41, 5.74) is 4.84. The molecular weight excluding hydrogens is 244 g/mol. The molecule has 20 heavy (non-hydrogen) atoms. The number of aromatic nitrogens is 1. The van der Waals surface area contributed by atoms with Crippen molar-refractivity contribution in [1.29, 1.82) is 0 Å². The molecule has 100 valence electrons. The predicted octanol–water partition coefficient (Wildman–Crippen LogP) is 4.41. The Labute approximate surface area is 119 Å². The maximum atomic E-state index is 4.34. The number of hydrogen-bond acceptors (Lipinski definition) is 2. The third kappa shape index (κ3) is 2.80. The number of hydrogen-bond donors (Lipinski definition) is 1. The highest BCUT2D eigenvalue weighted by atomic mass is 14.9. The summed E-state index contributed by atoms with van der Waals surface area (Å²) in [5.74, 6) is 0. The van der Waals surface area contributed by atoms with Crippen LogP contribution >= 0.6 is 0 Å². The number of nitrogens with one attached hydrogen (secondary N) is 1. The molecule has 1 aromatic heterocycles. The average Bonchev–Trinajstić information content (AvgIpc) is 2.53. The monoisotopic (exact) mass is 262 g/mol. The van der Waals surface area contributed by atoms with Crippen molar-refractivity contribution in [1.82, 2.24) is 4.98 Å². The number of nitrogens with zero attached hydrogens (tertiary/aromatic N) is 1. The smallest absolute Gasteiger partial charge is 0.0702 e. The summed E-state index contributed by atoms with van der Waals surface area (Å²) in [6, 6.07) is 19.1. The van der Waals surface area contributed by atoms with E-state index in [4.69, 9.17) is 0 Å². The van der Waals surface area contributed by atoms with E-state index >= 15 is 0 Å². The highest BCUT2D eigenvalue weighted by molar-refractivity contribution is 5.78. The molecule has 0 radical (unpaired) electrons. The van der Waals surface area contributed by atoms with E-state index in [1.165, 1.54) is 16.5 Å². The van der Waals surface area contributed by atoms with Crippen LogP contribution in [0.5, 0.6) is 0 Å². The number of fused-ring (bicyclic) bond motifs is 1. The van der Waals surface area contributed by atoms with Gasteiger partial charge in [-0.25, -0.2) is 0 Å². The van der Waals surface area contributed by atoms with Gasteiger partial charge in [0.05, 0.1) is 5.52 Å². The molecule has 2 aromatic carbocycles. The Morgan fingerprint density at radius 2 is 1.75 bits per heavy atom. The van der Waals surface area contributed by atoms with Crippen molar-refractivity contribution in [3.63, 3.8) is 0 Å². The van der Waals surface area contributed by atoms with E-state index in [1.807, 2.05) is 12.3 Å². The van der Waals surface area contributed by atoms with Crippen molar-refractivity contribution in [2.45, 2.75) is 19.9 Å². The zero-order valence-electron chi connectivity index (χ0n) is 11.6. The van der Waals surface area contributed by atoms with Crippen LogP contribution in [0, 0.1) is 0 Å². The minimum atomic E-state index is 0.830. The average molecular weight is 262 g/mol. The molecule has 3 aromatic rings. The van der Waals surface area contributed by atoms with Gasteiger partial charge in [-0.05, 0) is 47.9 Å². The molecule has 0 fully saturated rings. The third-order valence-electron chi connectivity index (χ3n) is 3.53. The van der Waals surface area contributed by atoms with Crippen LogP contribution in [-0.2, 0) is 13.0 Å². The maximum absolute atomic E-state index is 4.34. The predicted molar refractivity (Wildman–Crippen MR) is 84.9 cm³/mol. The summed E-state index contributed by atoms with van der Waals surface area (Å²) >= 11 is 0. The lowest BCUT2D eigenvalue weighted by Gasteiger charge is -2.08. The third-order valence-corrected chi connectivity index (χ3v) is 3.53. The first-order chi connectivity index (χ1) is 9.85. The molecule has 0 saturated carbocycles. The molecule has 2 nitrogen and oxygen atoms in total. The molecule has 2 heteroatoms. The maximum Gasteiger partial charge on any atom is 0.0702 e. The molecule has 0 aliphatic heterocycles. The standard InChI is InChI=1S/C18H18N2/c1-2-14-5-8-17(9-6-14)20-13-15-7-10-18-16(12-15)4-3-11-19-18/h3-12,20H,2,13H2,1H3. The van der Waals surface area contributed by atoms with Crippen LogP contribution in [0.2, 0.25) is 0 Å². The normalized spacial score (nSPS) is 10.7. The largest absolute Gasteiger partial charge is 0.381 e. The molecule has 1 N–H and O–H groups in total.